The minimum absolute atomic E-state index is 0.0135. The van der Waals surface area contributed by atoms with E-state index in [0.717, 1.165) is 35.7 Å². The van der Waals surface area contributed by atoms with Crippen molar-refractivity contribution in [2.45, 2.75) is 38.7 Å². The lowest BCUT2D eigenvalue weighted by molar-refractivity contribution is 0.119. The lowest BCUT2D eigenvalue weighted by Gasteiger charge is -2.41. The number of carbonyl (C=O) groups excluding carboxylic acids is 1. The fourth-order valence-electron chi connectivity index (χ4n) is 5.18. The van der Waals surface area contributed by atoms with E-state index in [2.05, 4.69) is 17.6 Å². The van der Waals surface area contributed by atoms with E-state index in [1.807, 2.05) is 41.0 Å². The molecule has 0 spiro atoms. The lowest BCUT2D eigenvalue weighted by Crippen LogP contribution is -2.52. The Labute approximate surface area is 216 Å². The molecule has 194 valence electrons. The summed E-state index contributed by atoms with van der Waals surface area (Å²) in [5.41, 5.74) is 2.73. The van der Waals surface area contributed by atoms with Crippen LogP contribution in [0.25, 0.3) is 5.70 Å². The average Bonchev–Trinajstić information content (AvgIpc) is 2.93. The molecule has 2 unspecified atom stereocenters. The van der Waals surface area contributed by atoms with Crippen LogP contribution in [0.4, 0.5) is 13.6 Å². The highest BCUT2D eigenvalue weighted by Gasteiger charge is 2.35. The molecule has 2 aromatic carbocycles. The minimum atomic E-state index is -0.592. The van der Waals surface area contributed by atoms with Crippen LogP contribution in [0, 0.1) is 34.8 Å². The van der Waals surface area contributed by atoms with E-state index in [1.54, 1.807) is 0 Å². The van der Waals surface area contributed by atoms with Gasteiger partial charge in [-0.1, -0.05) is 30.8 Å². The van der Waals surface area contributed by atoms with E-state index in [4.69, 9.17) is 0 Å². The van der Waals surface area contributed by atoms with Crippen LogP contribution in [-0.2, 0) is 6.61 Å². The normalized spacial score (nSPS) is 21.0. The predicted octanol–water partition coefficient (Wildman–Crippen LogP) is 5.35. The van der Waals surface area contributed by atoms with Gasteiger partial charge in [-0.3, -0.25) is 4.99 Å². The monoisotopic (exact) mass is 506 g/mol. The second kappa shape index (κ2) is 11.7. The molecule has 6 nitrogen and oxygen atoms in total. The molecule has 8 heteroatoms. The zero-order valence-electron chi connectivity index (χ0n) is 21.0. The molecule has 2 heterocycles. The highest BCUT2D eigenvalue weighted by atomic mass is 19.1. The summed E-state index contributed by atoms with van der Waals surface area (Å²) in [6.07, 6.45) is 2.07. The topological polar surface area (TPSA) is 79.9 Å². The van der Waals surface area contributed by atoms with Gasteiger partial charge in [0, 0.05) is 55.2 Å². The second-order valence-electron chi connectivity index (χ2n) is 9.93. The third-order valence-electron chi connectivity index (χ3n) is 7.44. The quantitative estimate of drug-likeness (QED) is 0.555. The standard InChI is InChI=1S/C29H32F2N4O2/c1-19(33-20(2)27-14-26(30)7-8-28(27)31)24-13-25(23-5-3-22(18-36)4-6-23)17-35(16-24)29(37)34-11-9-21(15-32)10-12-34/h3-8,14,21,24-25,36H,2,9-13,16-18H2,1H3. The summed E-state index contributed by atoms with van der Waals surface area (Å²) in [5, 5.41) is 18.6. The Morgan fingerprint density at radius 2 is 1.84 bits per heavy atom. The van der Waals surface area contributed by atoms with Gasteiger partial charge in [0.25, 0.3) is 0 Å². The number of aliphatic imine (C=N–C) groups is 1. The van der Waals surface area contributed by atoms with Crippen LogP contribution >= 0.6 is 0 Å². The van der Waals surface area contributed by atoms with E-state index in [-0.39, 0.29) is 41.7 Å². The fourth-order valence-corrected chi connectivity index (χ4v) is 5.18. The summed E-state index contributed by atoms with van der Waals surface area (Å²) < 4.78 is 28.0. The highest BCUT2D eigenvalue weighted by Crippen LogP contribution is 2.33. The summed E-state index contributed by atoms with van der Waals surface area (Å²) in [6, 6.07) is 13.2. The molecule has 2 fully saturated rings. The highest BCUT2D eigenvalue weighted by molar-refractivity contribution is 5.90. The average molecular weight is 507 g/mol. The number of hydrogen-bond donors (Lipinski definition) is 1. The van der Waals surface area contributed by atoms with Crippen molar-refractivity contribution in [3.63, 3.8) is 0 Å². The van der Waals surface area contributed by atoms with Crippen LogP contribution in [0.3, 0.4) is 0 Å². The van der Waals surface area contributed by atoms with Gasteiger partial charge in [-0.2, -0.15) is 5.26 Å². The second-order valence-corrected chi connectivity index (χ2v) is 9.93. The number of nitriles is 1. The largest absolute Gasteiger partial charge is 0.392 e. The molecule has 1 N–H and O–H groups in total. The molecule has 2 aromatic rings. The third kappa shape index (κ3) is 6.23. The fraction of sp³-hybridized carbons (Fsp3) is 0.414. The van der Waals surface area contributed by atoms with Gasteiger partial charge in [-0.25, -0.2) is 13.6 Å². The van der Waals surface area contributed by atoms with Crippen LogP contribution in [0.2, 0.25) is 0 Å². The zero-order chi connectivity index (χ0) is 26.5. The number of halogens is 2. The first kappa shape index (κ1) is 26.5. The van der Waals surface area contributed by atoms with Gasteiger partial charge in [-0.05, 0) is 55.5 Å². The van der Waals surface area contributed by atoms with Crippen molar-refractivity contribution >= 4 is 17.4 Å². The number of urea groups is 1. The van der Waals surface area contributed by atoms with Crippen LogP contribution < -0.4 is 0 Å². The molecule has 4 rings (SSSR count). The van der Waals surface area contributed by atoms with E-state index in [1.165, 1.54) is 0 Å². The van der Waals surface area contributed by atoms with Gasteiger partial charge in [0.15, 0.2) is 0 Å². The first-order valence-electron chi connectivity index (χ1n) is 12.6. The molecule has 0 aromatic heterocycles. The Hall–Kier alpha value is -3.57. The number of nitrogens with zero attached hydrogens (tertiary/aromatic N) is 4. The molecule has 2 aliphatic heterocycles. The number of benzene rings is 2. The molecule has 2 aliphatic rings. The number of carbonyl (C=O) groups is 1. The SMILES string of the molecule is C=C(N=C(C)C1CC(c2ccc(CO)cc2)CN(C(=O)N2CCC(C#N)CC2)C1)c1cc(F)ccc1F. The van der Waals surface area contributed by atoms with Crippen LogP contribution in [0.5, 0.6) is 0 Å². The molecule has 2 amide bonds. The van der Waals surface area contributed by atoms with E-state index < -0.39 is 11.6 Å². The maximum Gasteiger partial charge on any atom is 0.320 e. The number of hydrogen-bond acceptors (Lipinski definition) is 4. The number of rotatable bonds is 5. The van der Waals surface area contributed by atoms with Crippen LogP contribution in [-0.4, -0.2) is 52.8 Å². The first-order valence-corrected chi connectivity index (χ1v) is 12.6. The number of piperidine rings is 2. The van der Waals surface area contributed by atoms with Crippen molar-refractivity contribution in [2.75, 3.05) is 26.2 Å². The smallest absolute Gasteiger partial charge is 0.320 e. The summed E-state index contributed by atoms with van der Waals surface area (Å²) in [6.45, 7) is 7.77. The van der Waals surface area contributed by atoms with Gasteiger partial charge in [0.05, 0.1) is 18.4 Å². The van der Waals surface area contributed by atoms with E-state index >= 15 is 0 Å². The molecule has 37 heavy (non-hydrogen) atoms. The first-order chi connectivity index (χ1) is 17.8. The molecule has 0 saturated carbocycles. The van der Waals surface area contributed by atoms with Gasteiger partial charge in [0.1, 0.15) is 11.6 Å². The zero-order valence-corrected chi connectivity index (χ0v) is 21.0. The molecule has 2 atom stereocenters. The number of amides is 2. The van der Waals surface area contributed by atoms with Crippen molar-refractivity contribution in [3.05, 3.63) is 77.4 Å². The van der Waals surface area contributed by atoms with Crippen molar-refractivity contribution in [2.24, 2.45) is 16.8 Å². The number of aliphatic hydroxyl groups is 1. The summed E-state index contributed by atoms with van der Waals surface area (Å²) in [4.78, 5) is 21.7. The summed E-state index contributed by atoms with van der Waals surface area (Å²) in [7, 11) is 0. The van der Waals surface area contributed by atoms with Crippen molar-refractivity contribution in [1.29, 1.82) is 5.26 Å². The van der Waals surface area contributed by atoms with Gasteiger partial charge in [0.2, 0.25) is 0 Å². The van der Waals surface area contributed by atoms with Crippen LogP contribution in [0.15, 0.2) is 54.0 Å². The summed E-state index contributed by atoms with van der Waals surface area (Å²) in [5.74, 6) is -1.24. The van der Waals surface area contributed by atoms with Crippen molar-refractivity contribution < 1.29 is 18.7 Å². The maximum atomic E-state index is 14.3. The number of likely N-dealkylation sites (tertiary alicyclic amines) is 2. The lowest BCUT2D eigenvalue weighted by atomic mass is 9.82. The molecule has 0 aliphatic carbocycles. The minimum Gasteiger partial charge on any atom is -0.392 e. The van der Waals surface area contributed by atoms with E-state index in [0.29, 0.717) is 44.7 Å². The Bertz CT molecular complexity index is 1210. The summed E-state index contributed by atoms with van der Waals surface area (Å²) >= 11 is 0. The maximum absolute atomic E-state index is 14.3. The predicted molar refractivity (Wildman–Crippen MR) is 139 cm³/mol. The van der Waals surface area contributed by atoms with Crippen molar-refractivity contribution in [1.82, 2.24) is 9.80 Å². The van der Waals surface area contributed by atoms with Gasteiger partial charge in [-0.15, -0.1) is 0 Å². The molecular formula is C29H32F2N4O2. The molecule has 2 saturated heterocycles. The Morgan fingerprint density at radius 3 is 2.49 bits per heavy atom. The Kier molecular flexibility index (Phi) is 8.34. The van der Waals surface area contributed by atoms with Gasteiger partial charge >= 0.3 is 6.03 Å². The van der Waals surface area contributed by atoms with Gasteiger partial charge < -0.3 is 14.9 Å². The van der Waals surface area contributed by atoms with Crippen molar-refractivity contribution in [3.8, 4) is 6.07 Å². The molecule has 0 radical (unpaired) electrons. The number of aliphatic hydroxyl groups excluding tert-OH is 1. The Morgan fingerprint density at radius 1 is 1.14 bits per heavy atom. The molecular weight excluding hydrogens is 474 g/mol. The Balaban J connectivity index is 1.58. The van der Waals surface area contributed by atoms with Crippen LogP contribution in [0.1, 0.15) is 48.8 Å². The third-order valence-corrected chi connectivity index (χ3v) is 7.44. The molecule has 0 bridgehead atoms. The van der Waals surface area contributed by atoms with E-state index in [9.17, 15) is 23.9 Å².